The molecular formula is C21H20ClN3O5S. The first-order valence-electron chi connectivity index (χ1n) is 9.54. The molecule has 0 saturated carbocycles. The topological polar surface area (TPSA) is 108 Å². The molecule has 162 valence electrons. The fourth-order valence-electron chi connectivity index (χ4n) is 3.18. The molecule has 0 aliphatic carbocycles. The number of benzene rings is 2. The van der Waals surface area contributed by atoms with E-state index in [1.54, 1.807) is 30.3 Å². The van der Waals surface area contributed by atoms with Gasteiger partial charge in [0.15, 0.2) is 6.61 Å². The summed E-state index contributed by atoms with van der Waals surface area (Å²) in [6, 6.07) is 14.2. The van der Waals surface area contributed by atoms with Gasteiger partial charge in [0.2, 0.25) is 10.0 Å². The maximum absolute atomic E-state index is 12.7. The molecule has 1 aliphatic rings. The van der Waals surface area contributed by atoms with Gasteiger partial charge in [-0.2, -0.15) is 9.57 Å². The molecule has 0 bridgehead atoms. The number of esters is 1. The lowest BCUT2D eigenvalue weighted by Gasteiger charge is -2.19. The van der Waals surface area contributed by atoms with Gasteiger partial charge in [0.25, 0.3) is 5.91 Å². The molecule has 0 N–H and O–H groups in total. The van der Waals surface area contributed by atoms with E-state index >= 15 is 0 Å². The number of nitrogens with zero attached hydrogens (tertiary/aromatic N) is 3. The van der Waals surface area contributed by atoms with Crippen molar-refractivity contribution in [3.63, 3.8) is 0 Å². The Morgan fingerprint density at radius 2 is 1.81 bits per heavy atom. The summed E-state index contributed by atoms with van der Waals surface area (Å²) in [5.41, 5.74) is 0.336. The first kappa shape index (κ1) is 22.7. The van der Waals surface area contributed by atoms with Crippen molar-refractivity contribution >= 4 is 39.2 Å². The molecule has 0 atom stereocenters. The van der Waals surface area contributed by atoms with Crippen molar-refractivity contribution in [3.05, 3.63) is 59.1 Å². The lowest BCUT2D eigenvalue weighted by molar-refractivity contribution is -0.121. The predicted molar refractivity (Wildman–Crippen MR) is 114 cm³/mol. The van der Waals surface area contributed by atoms with Gasteiger partial charge in [0.1, 0.15) is 6.54 Å². The molecule has 1 heterocycles. The monoisotopic (exact) mass is 461 g/mol. The van der Waals surface area contributed by atoms with E-state index in [9.17, 15) is 18.0 Å². The van der Waals surface area contributed by atoms with Gasteiger partial charge in [-0.05, 0) is 43.2 Å². The van der Waals surface area contributed by atoms with Crippen LogP contribution in [0.5, 0.6) is 0 Å². The van der Waals surface area contributed by atoms with Crippen molar-refractivity contribution in [3.8, 4) is 6.07 Å². The van der Waals surface area contributed by atoms with Gasteiger partial charge in [0, 0.05) is 18.8 Å². The molecule has 31 heavy (non-hydrogen) atoms. The van der Waals surface area contributed by atoms with Crippen molar-refractivity contribution in [2.75, 3.05) is 31.1 Å². The van der Waals surface area contributed by atoms with Gasteiger partial charge >= 0.3 is 5.97 Å². The summed E-state index contributed by atoms with van der Waals surface area (Å²) >= 11 is 6.08. The van der Waals surface area contributed by atoms with Crippen LogP contribution < -0.4 is 4.90 Å². The van der Waals surface area contributed by atoms with Crippen LogP contribution in [-0.2, 0) is 19.6 Å². The van der Waals surface area contributed by atoms with Crippen molar-refractivity contribution in [2.24, 2.45) is 0 Å². The third-order valence-corrected chi connectivity index (χ3v) is 7.01. The van der Waals surface area contributed by atoms with Crippen molar-refractivity contribution in [1.82, 2.24) is 4.31 Å². The van der Waals surface area contributed by atoms with Crippen molar-refractivity contribution in [1.29, 1.82) is 5.26 Å². The zero-order chi connectivity index (χ0) is 22.4. The molecule has 1 amide bonds. The van der Waals surface area contributed by atoms with E-state index in [-0.39, 0.29) is 22.0 Å². The van der Waals surface area contributed by atoms with Gasteiger partial charge in [-0.25, -0.2) is 13.2 Å². The number of ether oxygens (including phenoxy) is 1. The first-order valence-corrected chi connectivity index (χ1v) is 11.4. The van der Waals surface area contributed by atoms with Gasteiger partial charge < -0.3 is 4.74 Å². The van der Waals surface area contributed by atoms with E-state index in [1.165, 1.54) is 21.3 Å². The van der Waals surface area contributed by atoms with Crippen LogP contribution in [0.15, 0.2) is 53.4 Å². The molecule has 1 saturated heterocycles. The number of hydrogen-bond acceptors (Lipinski definition) is 6. The molecular weight excluding hydrogens is 442 g/mol. The zero-order valence-electron chi connectivity index (χ0n) is 16.5. The zero-order valence-corrected chi connectivity index (χ0v) is 18.1. The third-order valence-electron chi connectivity index (χ3n) is 4.79. The summed E-state index contributed by atoms with van der Waals surface area (Å²) in [6.45, 7) is 0.000462. The molecule has 3 rings (SSSR count). The predicted octanol–water partition coefficient (Wildman–Crippen LogP) is 2.84. The smallest absolute Gasteiger partial charge is 0.340 e. The third kappa shape index (κ3) is 5.22. The highest BCUT2D eigenvalue weighted by molar-refractivity contribution is 7.89. The van der Waals surface area contributed by atoms with Crippen LogP contribution in [0.1, 0.15) is 23.2 Å². The Morgan fingerprint density at radius 3 is 2.45 bits per heavy atom. The highest BCUT2D eigenvalue weighted by Crippen LogP contribution is 2.26. The summed E-state index contributed by atoms with van der Waals surface area (Å²) in [5.74, 6) is -1.53. The second-order valence-electron chi connectivity index (χ2n) is 6.80. The molecule has 2 aromatic carbocycles. The summed E-state index contributed by atoms with van der Waals surface area (Å²) in [5, 5.41) is 9.01. The minimum Gasteiger partial charge on any atom is -0.452 e. The molecule has 2 aromatic rings. The Hall–Kier alpha value is -2.93. The number of para-hydroxylation sites is 1. The molecule has 0 aromatic heterocycles. The number of carbonyl (C=O) groups is 2. The van der Waals surface area contributed by atoms with Crippen molar-refractivity contribution < 1.29 is 22.7 Å². The van der Waals surface area contributed by atoms with Gasteiger partial charge in [0.05, 0.1) is 21.6 Å². The van der Waals surface area contributed by atoms with Crippen LogP contribution in [0.25, 0.3) is 0 Å². The van der Waals surface area contributed by atoms with Crippen LogP contribution >= 0.6 is 11.6 Å². The summed E-state index contributed by atoms with van der Waals surface area (Å²) in [4.78, 5) is 26.2. The average Bonchev–Trinajstić information content (AvgIpc) is 3.32. The Kier molecular flexibility index (Phi) is 7.28. The molecule has 1 fully saturated rings. The van der Waals surface area contributed by atoms with E-state index in [4.69, 9.17) is 21.6 Å². The van der Waals surface area contributed by atoms with Gasteiger partial charge in [-0.15, -0.1) is 0 Å². The SMILES string of the molecule is N#CCN(C(=O)COC(=O)c1cc(S(=O)(=O)N2CCCC2)ccc1Cl)c1ccccc1. The Balaban J connectivity index is 1.74. The van der Waals surface area contributed by atoms with Gasteiger partial charge in [-0.3, -0.25) is 9.69 Å². The van der Waals surface area contributed by atoms with Crippen LogP contribution in [0.2, 0.25) is 5.02 Å². The van der Waals surface area contributed by atoms with E-state index in [0.717, 1.165) is 18.9 Å². The summed E-state index contributed by atoms with van der Waals surface area (Å²) in [6.07, 6.45) is 1.56. The second kappa shape index (κ2) is 9.92. The lowest BCUT2D eigenvalue weighted by Crippen LogP contribution is -2.35. The Labute approximate surface area is 185 Å². The van der Waals surface area contributed by atoms with E-state index in [2.05, 4.69) is 0 Å². The molecule has 0 spiro atoms. The fraction of sp³-hybridized carbons (Fsp3) is 0.286. The number of sulfonamides is 1. The minimum atomic E-state index is -3.74. The van der Waals surface area contributed by atoms with E-state index < -0.39 is 28.5 Å². The van der Waals surface area contributed by atoms with Crippen LogP contribution in [0.3, 0.4) is 0 Å². The minimum absolute atomic E-state index is 0.00904. The normalized spacial score (nSPS) is 14.1. The second-order valence-corrected chi connectivity index (χ2v) is 9.15. The lowest BCUT2D eigenvalue weighted by atomic mass is 10.2. The molecule has 1 aliphatic heterocycles. The van der Waals surface area contributed by atoms with Crippen LogP contribution in [0.4, 0.5) is 5.69 Å². The molecule has 10 heteroatoms. The van der Waals surface area contributed by atoms with Crippen LogP contribution in [-0.4, -0.2) is 50.8 Å². The standard InChI is InChI=1S/C21H20ClN3O5S/c22-19-9-8-17(31(28,29)24-11-4-5-12-24)14-18(19)21(27)30-15-20(26)25(13-10-23)16-6-2-1-3-7-16/h1-3,6-9,14H,4-5,11-13,15H2. The van der Waals surface area contributed by atoms with Crippen LogP contribution in [0, 0.1) is 11.3 Å². The Bertz CT molecular complexity index is 1110. The molecule has 0 unspecified atom stereocenters. The quantitative estimate of drug-likeness (QED) is 0.463. The number of halogens is 1. The number of amides is 1. The van der Waals surface area contributed by atoms with Gasteiger partial charge in [-0.1, -0.05) is 29.8 Å². The maximum Gasteiger partial charge on any atom is 0.340 e. The highest BCUT2D eigenvalue weighted by Gasteiger charge is 2.29. The maximum atomic E-state index is 12.7. The number of hydrogen-bond donors (Lipinski definition) is 0. The number of rotatable bonds is 7. The Morgan fingerprint density at radius 1 is 1.13 bits per heavy atom. The average molecular weight is 462 g/mol. The molecule has 8 nitrogen and oxygen atoms in total. The first-order chi connectivity index (χ1) is 14.8. The number of nitriles is 1. The van der Waals surface area contributed by atoms with E-state index in [1.807, 2.05) is 6.07 Å². The molecule has 0 radical (unpaired) electrons. The number of carbonyl (C=O) groups excluding carboxylic acids is 2. The summed E-state index contributed by atoms with van der Waals surface area (Å²) in [7, 11) is -3.74. The number of anilines is 1. The van der Waals surface area contributed by atoms with Crippen molar-refractivity contribution in [2.45, 2.75) is 17.7 Å². The fourth-order valence-corrected chi connectivity index (χ4v) is 4.92. The van der Waals surface area contributed by atoms with E-state index in [0.29, 0.717) is 18.8 Å². The summed E-state index contributed by atoms with van der Waals surface area (Å²) < 4.78 is 31.9. The highest BCUT2D eigenvalue weighted by atomic mass is 35.5. The largest absolute Gasteiger partial charge is 0.452 e.